The summed E-state index contributed by atoms with van der Waals surface area (Å²) in [7, 11) is 3.12. The first-order chi connectivity index (χ1) is 15.0. The first-order valence-electron chi connectivity index (χ1n) is 9.68. The van der Waals surface area contributed by atoms with E-state index in [0.29, 0.717) is 38.8 Å². The van der Waals surface area contributed by atoms with E-state index < -0.39 is 0 Å². The minimum atomic E-state index is -0.288. The van der Waals surface area contributed by atoms with Crippen LogP contribution in [0.3, 0.4) is 0 Å². The van der Waals surface area contributed by atoms with E-state index in [4.69, 9.17) is 30.2 Å². The second-order valence-corrected chi connectivity index (χ2v) is 7.44. The molecule has 1 aromatic heterocycles. The quantitative estimate of drug-likeness (QED) is 0.370. The summed E-state index contributed by atoms with van der Waals surface area (Å²) in [4.78, 5) is 13.4. The third-order valence-corrected chi connectivity index (χ3v) is 5.41. The van der Waals surface area contributed by atoms with Gasteiger partial charge in [0.25, 0.3) is 0 Å². The predicted molar refractivity (Wildman–Crippen MR) is 122 cm³/mol. The van der Waals surface area contributed by atoms with E-state index >= 15 is 0 Å². The molecule has 0 N–H and O–H groups in total. The molecule has 3 aromatic carbocycles. The molecule has 31 heavy (non-hydrogen) atoms. The van der Waals surface area contributed by atoms with Gasteiger partial charge in [-0.25, -0.2) is 0 Å². The van der Waals surface area contributed by atoms with Crippen molar-refractivity contribution in [3.05, 3.63) is 87.0 Å². The molecule has 0 aliphatic heterocycles. The second-order valence-electron chi connectivity index (χ2n) is 7.03. The summed E-state index contributed by atoms with van der Waals surface area (Å²) in [5.41, 5.74) is 2.52. The van der Waals surface area contributed by atoms with Gasteiger partial charge in [0.05, 0.1) is 19.6 Å². The zero-order chi connectivity index (χ0) is 22.0. The molecule has 4 rings (SSSR count). The normalized spacial score (nSPS) is 10.8. The number of aryl methyl sites for hydroxylation is 1. The van der Waals surface area contributed by atoms with E-state index in [1.807, 2.05) is 37.3 Å². The molecule has 0 radical (unpaired) electrons. The van der Waals surface area contributed by atoms with E-state index in [-0.39, 0.29) is 17.8 Å². The fourth-order valence-corrected chi connectivity index (χ4v) is 3.49. The molecule has 0 bridgehead atoms. The Bertz CT molecular complexity index is 1300. The summed E-state index contributed by atoms with van der Waals surface area (Å²) in [5.74, 6) is 1.52. The largest absolute Gasteiger partial charge is 0.493 e. The minimum Gasteiger partial charge on any atom is -0.493 e. The van der Waals surface area contributed by atoms with E-state index in [0.717, 1.165) is 11.1 Å². The van der Waals surface area contributed by atoms with Gasteiger partial charge < -0.3 is 18.6 Å². The monoisotopic (exact) mass is 436 g/mol. The zero-order valence-corrected chi connectivity index (χ0v) is 18.2. The average Bonchev–Trinajstić information content (AvgIpc) is 2.80. The van der Waals surface area contributed by atoms with Gasteiger partial charge in [-0.05, 0) is 48.4 Å². The van der Waals surface area contributed by atoms with E-state index in [9.17, 15) is 4.79 Å². The molecule has 158 valence electrons. The van der Waals surface area contributed by atoms with Crippen LogP contribution in [0.25, 0.3) is 22.3 Å². The lowest BCUT2D eigenvalue weighted by atomic mass is 10.1. The van der Waals surface area contributed by atoms with Crippen molar-refractivity contribution in [1.29, 1.82) is 0 Å². The van der Waals surface area contributed by atoms with Crippen molar-refractivity contribution in [3.8, 4) is 28.6 Å². The Kier molecular flexibility index (Phi) is 5.87. The first kappa shape index (κ1) is 20.8. The van der Waals surface area contributed by atoms with Gasteiger partial charge in [0.1, 0.15) is 12.2 Å². The van der Waals surface area contributed by atoms with Gasteiger partial charge in [-0.15, -0.1) is 0 Å². The highest BCUT2D eigenvalue weighted by Gasteiger charge is 2.20. The molecule has 0 spiro atoms. The van der Waals surface area contributed by atoms with Gasteiger partial charge in [-0.1, -0.05) is 41.9 Å². The third kappa shape index (κ3) is 4.09. The fraction of sp³-hybridized carbons (Fsp3) is 0.160. The number of benzene rings is 3. The SMILES string of the molecule is COc1ccc(-c2oc3cc(C)c(Cl)cc3c(=O)c2OCc2ccccc2)cc1OC. The van der Waals surface area contributed by atoms with E-state index in [1.165, 1.54) is 0 Å². The van der Waals surface area contributed by atoms with Crippen molar-refractivity contribution in [2.24, 2.45) is 0 Å². The number of fused-ring (bicyclic) bond motifs is 1. The summed E-state index contributed by atoms with van der Waals surface area (Å²) in [5, 5.41) is 0.857. The van der Waals surface area contributed by atoms with Gasteiger partial charge in [-0.2, -0.15) is 0 Å². The van der Waals surface area contributed by atoms with Crippen molar-refractivity contribution in [2.45, 2.75) is 13.5 Å². The van der Waals surface area contributed by atoms with Crippen molar-refractivity contribution in [1.82, 2.24) is 0 Å². The molecule has 0 unspecified atom stereocenters. The number of halogens is 1. The standard InChI is InChI=1S/C25H21ClO5/c1-15-11-21-18(13-19(15)26)23(27)25(30-14-16-7-5-4-6-8-16)24(31-21)17-9-10-20(28-2)22(12-17)29-3/h4-13H,14H2,1-3H3. The molecule has 5 nitrogen and oxygen atoms in total. The summed E-state index contributed by atoms with van der Waals surface area (Å²) in [6.07, 6.45) is 0. The van der Waals surface area contributed by atoms with Crippen LogP contribution in [-0.4, -0.2) is 14.2 Å². The first-order valence-corrected chi connectivity index (χ1v) is 10.1. The lowest BCUT2D eigenvalue weighted by Crippen LogP contribution is -2.10. The molecule has 6 heteroatoms. The fourth-order valence-electron chi connectivity index (χ4n) is 3.33. The molecule has 0 aliphatic rings. The summed E-state index contributed by atoms with van der Waals surface area (Å²) in [6, 6.07) is 18.3. The highest BCUT2D eigenvalue weighted by atomic mass is 35.5. The van der Waals surface area contributed by atoms with Crippen molar-refractivity contribution in [2.75, 3.05) is 14.2 Å². The summed E-state index contributed by atoms with van der Waals surface area (Å²) >= 11 is 6.26. The van der Waals surface area contributed by atoms with Crippen molar-refractivity contribution in [3.63, 3.8) is 0 Å². The Balaban J connectivity index is 1.91. The van der Waals surface area contributed by atoms with Crippen LogP contribution in [-0.2, 0) is 6.61 Å². The minimum absolute atomic E-state index is 0.114. The topological polar surface area (TPSA) is 57.9 Å². The molecule has 4 aromatic rings. The molecule has 0 fully saturated rings. The molecule has 0 saturated heterocycles. The van der Waals surface area contributed by atoms with Crippen LogP contribution in [0.4, 0.5) is 0 Å². The van der Waals surface area contributed by atoms with Gasteiger partial charge in [0.2, 0.25) is 11.2 Å². The predicted octanol–water partition coefficient (Wildman–Crippen LogP) is 6.02. The van der Waals surface area contributed by atoms with Crippen LogP contribution in [0.2, 0.25) is 5.02 Å². The van der Waals surface area contributed by atoms with E-state index in [2.05, 4.69) is 0 Å². The van der Waals surface area contributed by atoms with Gasteiger partial charge >= 0.3 is 0 Å². The smallest absolute Gasteiger partial charge is 0.235 e. The summed E-state index contributed by atoms with van der Waals surface area (Å²) < 4.78 is 22.9. The summed E-state index contributed by atoms with van der Waals surface area (Å²) in [6.45, 7) is 2.08. The average molecular weight is 437 g/mol. The Morgan fingerprint density at radius 1 is 0.935 bits per heavy atom. The zero-order valence-electron chi connectivity index (χ0n) is 17.4. The number of hydrogen-bond acceptors (Lipinski definition) is 5. The van der Waals surface area contributed by atoms with E-state index in [1.54, 1.807) is 44.6 Å². The van der Waals surface area contributed by atoms with Crippen LogP contribution in [0.15, 0.2) is 69.9 Å². The number of rotatable bonds is 6. The highest BCUT2D eigenvalue weighted by molar-refractivity contribution is 6.32. The molecular weight excluding hydrogens is 416 g/mol. The molecular formula is C25H21ClO5. The lowest BCUT2D eigenvalue weighted by molar-refractivity contribution is 0.298. The molecule has 0 atom stereocenters. The number of hydrogen-bond donors (Lipinski definition) is 0. The Labute approximate surface area is 184 Å². The highest BCUT2D eigenvalue weighted by Crippen LogP contribution is 2.37. The molecule has 0 aliphatic carbocycles. The molecule has 0 amide bonds. The van der Waals surface area contributed by atoms with Crippen LogP contribution in [0, 0.1) is 6.92 Å². The molecule has 1 heterocycles. The van der Waals surface area contributed by atoms with Crippen LogP contribution >= 0.6 is 11.6 Å². The Hall–Kier alpha value is -3.44. The second kappa shape index (κ2) is 8.74. The van der Waals surface area contributed by atoms with Crippen LogP contribution in [0.5, 0.6) is 17.2 Å². The Morgan fingerprint density at radius 2 is 1.68 bits per heavy atom. The van der Waals surface area contributed by atoms with Crippen LogP contribution < -0.4 is 19.6 Å². The van der Waals surface area contributed by atoms with Gasteiger partial charge in [0, 0.05) is 10.6 Å². The lowest BCUT2D eigenvalue weighted by Gasteiger charge is -2.14. The molecule has 0 saturated carbocycles. The Morgan fingerprint density at radius 3 is 2.39 bits per heavy atom. The van der Waals surface area contributed by atoms with Gasteiger partial charge in [0.15, 0.2) is 17.3 Å². The number of ether oxygens (including phenoxy) is 3. The third-order valence-electron chi connectivity index (χ3n) is 5.00. The maximum atomic E-state index is 13.4. The van der Waals surface area contributed by atoms with Gasteiger partial charge in [-0.3, -0.25) is 4.79 Å². The van der Waals surface area contributed by atoms with Crippen molar-refractivity contribution >= 4 is 22.6 Å². The maximum Gasteiger partial charge on any atom is 0.235 e. The maximum absolute atomic E-state index is 13.4. The van der Waals surface area contributed by atoms with Crippen LogP contribution in [0.1, 0.15) is 11.1 Å². The van der Waals surface area contributed by atoms with Crippen molar-refractivity contribution < 1.29 is 18.6 Å². The number of methoxy groups -OCH3 is 2.